The molecule has 4 nitrogen and oxygen atoms in total. The van der Waals surface area contributed by atoms with Gasteiger partial charge in [0.15, 0.2) is 6.10 Å². The SMILES string of the molecule is CCC(CC)(CNCC1CCC(C(=O)O)O1)SC. The van der Waals surface area contributed by atoms with Crippen LogP contribution >= 0.6 is 11.8 Å². The maximum atomic E-state index is 10.8. The van der Waals surface area contributed by atoms with Crippen molar-refractivity contribution in [3.05, 3.63) is 0 Å². The van der Waals surface area contributed by atoms with Crippen LogP contribution in [-0.2, 0) is 9.53 Å². The molecule has 1 heterocycles. The molecule has 0 bridgehead atoms. The van der Waals surface area contributed by atoms with E-state index >= 15 is 0 Å². The predicted molar refractivity (Wildman–Crippen MR) is 75.2 cm³/mol. The summed E-state index contributed by atoms with van der Waals surface area (Å²) in [5, 5.41) is 12.3. The smallest absolute Gasteiger partial charge is 0.332 e. The molecule has 1 rings (SSSR count). The maximum absolute atomic E-state index is 10.8. The summed E-state index contributed by atoms with van der Waals surface area (Å²) < 4.78 is 5.77. The highest BCUT2D eigenvalue weighted by Gasteiger charge is 2.31. The van der Waals surface area contributed by atoms with E-state index in [4.69, 9.17) is 9.84 Å². The Labute approximate surface area is 114 Å². The van der Waals surface area contributed by atoms with E-state index in [1.165, 1.54) is 0 Å². The third-order valence-electron chi connectivity index (χ3n) is 3.92. The maximum Gasteiger partial charge on any atom is 0.332 e. The van der Waals surface area contributed by atoms with Gasteiger partial charge in [-0.15, -0.1) is 0 Å². The van der Waals surface area contributed by atoms with Crippen molar-refractivity contribution < 1.29 is 14.6 Å². The predicted octanol–water partition coefficient (Wildman–Crippen LogP) is 2.13. The first-order chi connectivity index (χ1) is 8.56. The molecule has 2 unspecified atom stereocenters. The Hall–Kier alpha value is -0.260. The van der Waals surface area contributed by atoms with Crippen molar-refractivity contribution in [1.29, 1.82) is 0 Å². The van der Waals surface area contributed by atoms with E-state index in [2.05, 4.69) is 25.4 Å². The molecule has 5 heteroatoms. The minimum Gasteiger partial charge on any atom is -0.479 e. The fraction of sp³-hybridized carbons (Fsp3) is 0.923. The zero-order valence-corrected chi connectivity index (χ0v) is 12.4. The molecule has 18 heavy (non-hydrogen) atoms. The molecule has 1 fully saturated rings. The molecule has 1 aliphatic rings. The average Bonchev–Trinajstić information content (AvgIpc) is 2.84. The first kappa shape index (κ1) is 15.8. The van der Waals surface area contributed by atoms with Gasteiger partial charge in [0, 0.05) is 17.8 Å². The third kappa shape index (κ3) is 4.14. The Balaban J connectivity index is 2.28. The summed E-state index contributed by atoms with van der Waals surface area (Å²) in [6.45, 7) is 6.15. The van der Waals surface area contributed by atoms with Gasteiger partial charge in [-0.2, -0.15) is 11.8 Å². The first-order valence-corrected chi connectivity index (χ1v) is 7.93. The molecular formula is C13H25NO3S. The molecule has 2 N–H and O–H groups in total. The van der Waals surface area contributed by atoms with Crippen molar-refractivity contribution >= 4 is 17.7 Å². The van der Waals surface area contributed by atoms with Gasteiger partial charge in [-0.25, -0.2) is 4.79 Å². The van der Waals surface area contributed by atoms with Gasteiger partial charge >= 0.3 is 5.97 Å². The van der Waals surface area contributed by atoms with Gasteiger partial charge in [-0.1, -0.05) is 13.8 Å². The lowest BCUT2D eigenvalue weighted by Crippen LogP contribution is -2.40. The fourth-order valence-electron chi connectivity index (χ4n) is 2.36. The Bertz CT molecular complexity index is 261. The summed E-state index contributed by atoms with van der Waals surface area (Å²) in [5.41, 5.74) is 0. The number of carboxylic acids is 1. The lowest BCUT2D eigenvalue weighted by molar-refractivity contribution is -0.149. The van der Waals surface area contributed by atoms with Crippen LogP contribution < -0.4 is 5.32 Å². The second-order valence-corrected chi connectivity index (χ2v) is 6.16. The monoisotopic (exact) mass is 275 g/mol. The number of hydrogen-bond acceptors (Lipinski definition) is 4. The van der Waals surface area contributed by atoms with E-state index in [-0.39, 0.29) is 6.10 Å². The summed E-state index contributed by atoms with van der Waals surface area (Å²) >= 11 is 1.91. The molecular weight excluding hydrogens is 250 g/mol. The van der Waals surface area contributed by atoms with Crippen LogP contribution in [0.1, 0.15) is 39.5 Å². The molecule has 106 valence electrons. The van der Waals surface area contributed by atoms with E-state index in [1.807, 2.05) is 11.8 Å². The topological polar surface area (TPSA) is 58.6 Å². The van der Waals surface area contributed by atoms with Crippen LogP contribution in [0.4, 0.5) is 0 Å². The highest BCUT2D eigenvalue weighted by molar-refractivity contribution is 8.00. The highest BCUT2D eigenvalue weighted by atomic mass is 32.2. The van der Waals surface area contributed by atoms with E-state index in [9.17, 15) is 4.79 Å². The van der Waals surface area contributed by atoms with Crippen molar-refractivity contribution in [2.45, 2.75) is 56.5 Å². The highest BCUT2D eigenvalue weighted by Crippen LogP contribution is 2.29. The van der Waals surface area contributed by atoms with Crippen molar-refractivity contribution in [3.63, 3.8) is 0 Å². The lowest BCUT2D eigenvalue weighted by Gasteiger charge is -2.30. The zero-order chi connectivity index (χ0) is 13.6. The normalized spacial score (nSPS) is 24.4. The summed E-state index contributed by atoms with van der Waals surface area (Å²) in [5.74, 6) is -0.835. The number of nitrogens with one attached hydrogen (secondary N) is 1. The fourth-order valence-corrected chi connectivity index (χ4v) is 3.18. The summed E-state index contributed by atoms with van der Waals surface area (Å²) in [4.78, 5) is 10.8. The van der Waals surface area contributed by atoms with Gasteiger partial charge in [0.2, 0.25) is 0 Å². The largest absolute Gasteiger partial charge is 0.479 e. The number of carbonyl (C=O) groups is 1. The van der Waals surface area contributed by atoms with Gasteiger partial charge in [-0.05, 0) is 31.9 Å². The third-order valence-corrected chi connectivity index (χ3v) is 5.51. The van der Waals surface area contributed by atoms with E-state index in [1.54, 1.807) is 0 Å². The second-order valence-electron chi connectivity index (χ2n) is 4.89. The van der Waals surface area contributed by atoms with Gasteiger partial charge in [-0.3, -0.25) is 0 Å². The summed E-state index contributed by atoms with van der Waals surface area (Å²) in [6, 6.07) is 0. The van der Waals surface area contributed by atoms with Crippen LogP contribution in [0.25, 0.3) is 0 Å². The summed E-state index contributed by atoms with van der Waals surface area (Å²) in [7, 11) is 0. The lowest BCUT2D eigenvalue weighted by atomic mass is 10.0. The van der Waals surface area contributed by atoms with Crippen LogP contribution in [0.2, 0.25) is 0 Å². The molecule has 0 aromatic carbocycles. The van der Waals surface area contributed by atoms with Crippen molar-refractivity contribution in [2.75, 3.05) is 19.3 Å². The number of aliphatic carboxylic acids is 1. The van der Waals surface area contributed by atoms with E-state index < -0.39 is 12.1 Å². The minimum atomic E-state index is -0.835. The number of hydrogen-bond donors (Lipinski definition) is 2. The quantitative estimate of drug-likeness (QED) is 0.710. The Kier molecular flexibility index (Phi) is 6.46. The van der Waals surface area contributed by atoms with Crippen molar-refractivity contribution in [2.24, 2.45) is 0 Å². The van der Waals surface area contributed by atoms with Gasteiger partial charge < -0.3 is 15.2 Å². The Morgan fingerprint density at radius 2 is 2.11 bits per heavy atom. The molecule has 0 radical (unpaired) electrons. The molecule has 0 aromatic rings. The van der Waals surface area contributed by atoms with Gasteiger partial charge in [0.05, 0.1) is 6.10 Å². The molecule has 1 saturated heterocycles. The number of rotatable bonds is 8. The van der Waals surface area contributed by atoms with Crippen LogP contribution in [-0.4, -0.2) is 47.4 Å². The summed E-state index contributed by atoms with van der Waals surface area (Å²) in [6.07, 6.45) is 5.37. The van der Waals surface area contributed by atoms with Gasteiger partial charge in [0.25, 0.3) is 0 Å². The standard InChI is InChI=1S/C13H25NO3S/c1-4-13(5-2,18-3)9-14-8-10-6-7-11(17-10)12(15)16/h10-11,14H,4-9H2,1-3H3,(H,15,16). The Morgan fingerprint density at radius 1 is 1.44 bits per heavy atom. The molecule has 0 aliphatic carbocycles. The van der Waals surface area contributed by atoms with Gasteiger partial charge in [0.1, 0.15) is 0 Å². The molecule has 0 spiro atoms. The van der Waals surface area contributed by atoms with Crippen LogP contribution in [0.15, 0.2) is 0 Å². The number of ether oxygens (including phenoxy) is 1. The molecule has 0 amide bonds. The second kappa shape index (κ2) is 7.36. The number of thioether (sulfide) groups is 1. The van der Waals surface area contributed by atoms with Crippen molar-refractivity contribution in [3.8, 4) is 0 Å². The molecule has 2 atom stereocenters. The Morgan fingerprint density at radius 3 is 2.56 bits per heavy atom. The molecule has 0 aromatic heterocycles. The van der Waals surface area contributed by atoms with E-state index in [0.29, 0.717) is 11.2 Å². The van der Waals surface area contributed by atoms with E-state index in [0.717, 1.165) is 32.4 Å². The first-order valence-electron chi connectivity index (χ1n) is 6.71. The molecule has 0 saturated carbocycles. The minimum absolute atomic E-state index is 0.0550. The van der Waals surface area contributed by atoms with Crippen molar-refractivity contribution in [1.82, 2.24) is 5.32 Å². The average molecular weight is 275 g/mol. The van der Waals surface area contributed by atoms with Crippen LogP contribution in [0.3, 0.4) is 0 Å². The molecule has 1 aliphatic heterocycles. The zero-order valence-electron chi connectivity index (χ0n) is 11.6. The van der Waals surface area contributed by atoms with Crippen LogP contribution in [0, 0.1) is 0 Å². The van der Waals surface area contributed by atoms with Crippen LogP contribution in [0.5, 0.6) is 0 Å². The number of carboxylic acid groups (broad SMARTS) is 1.